The maximum Gasteiger partial charge on any atom is 0.0189 e. The van der Waals surface area contributed by atoms with Gasteiger partial charge in [-0.15, -0.1) is 0 Å². The zero-order valence-electron chi connectivity index (χ0n) is 3.98. The van der Waals surface area contributed by atoms with E-state index in [-0.39, 0.29) is 6.04 Å². The van der Waals surface area contributed by atoms with Crippen molar-refractivity contribution in [3.8, 4) is 0 Å². The number of rotatable bonds is 2. The van der Waals surface area contributed by atoms with Crippen molar-refractivity contribution in [3.63, 3.8) is 0 Å². The first-order valence-corrected chi connectivity index (χ1v) is 2.72. The third kappa shape index (κ3) is 2.54. The van der Waals surface area contributed by atoms with Crippen molar-refractivity contribution in [3.05, 3.63) is 0 Å². The van der Waals surface area contributed by atoms with E-state index in [9.17, 15) is 0 Å². The average Bonchev–Trinajstić information content (AvgIpc) is 1.65. The lowest BCUT2D eigenvalue weighted by Gasteiger charge is -1.98. The lowest BCUT2D eigenvalue weighted by molar-refractivity contribution is 0.727. The van der Waals surface area contributed by atoms with Gasteiger partial charge in [0.05, 0.1) is 0 Å². The summed E-state index contributed by atoms with van der Waals surface area (Å²) in [6, 6.07) is 0.250. The maximum absolute atomic E-state index is 5.37. The van der Waals surface area contributed by atoms with Crippen LogP contribution in [0.5, 0.6) is 0 Å². The Bertz CT molecular complexity index is 26.7. The molecule has 1 unspecified atom stereocenters. The second-order valence-corrected chi connectivity index (χ2v) is 1.67. The van der Waals surface area contributed by atoms with Crippen molar-refractivity contribution in [2.24, 2.45) is 5.73 Å². The SMILES string of the molecule is CCC(N)C[S]. The van der Waals surface area contributed by atoms with Gasteiger partial charge in [0.25, 0.3) is 0 Å². The second kappa shape index (κ2) is 3.50. The molecule has 2 heteroatoms. The standard InChI is InChI=1S/C4H10NS/c1-2-4(5)3-6/h4H,2-3,5H2,1H3. The lowest BCUT2D eigenvalue weighted by atomic mass is 10.3. The molecule has 6 heavy (non-hydrogen) atoms. The molecule has 0 aliphatic rings. The van der Waals surface area contributed by atoms with Crippen LogP contribution in [-0.2, 0) is 0 Å². The summed E-state index contributed by atoms with van der Waals surface area (Å²) in [6.07, 6.45) is 1.00. The summed E-state index contributed by atoms with van der Waals surface area (Å²) in [6.45, 7) is 2.04. The summed E-state index contributed by atoms with van der Waals surface area (Å²) in [5, 5.41) is 0. The Morgan fingerprint density at radius 1 is 1.83 bits per heavy atom. The molecule has 0 aromatic rings. The van der Waals surface area contributed by atoms with Crippen LogP contribution in [-0.4, -0.2) is 11.8 Å². The van der Waals surface area contributed by atoms with Crippen molar-refractivity contribution in [2.75, 3.05) is 5.75 Å². The quantitative estimate of drug-likeness (QED) is 0.554. The van der Waals surface area contributed by atoms with E-state index in [2.05, 4.69) is 12.6 Å². The fourth-order valence-corrected chi connectivity index (χ4v) is 0.354. The van der Waals surface area contributed by atoms with E-state index in [0.717, 1.165) is 6.42 Å². The second-order valence-electron chi connectivity index (χ2n) is 1.33. The van der Waals surface area contributed by atoms with E-state index in [1.807, 2.05) is 6.92 Å². The highest BCUT2D eigenvalue weighted by molar-refractivity contribution is 7.80. The van der Waals surface area contributed by atoms with Gasteiger partial charge in [0, 0.05) is 11.8 Å². The van der Waals surface area contributed by atoms with Crippen LogP contribution < -0.4 is 5.73 Å². The van der Waals surface area contributed by atoms with Crippen LogP contribution in [0, 0.1) is 0 Å². The predicted molar refractivity (Wildman–Crippen MR) is 30.7 cm³/mol. The largest absolute Gasteiger partial charge is 0.327 e. The van der Waals surface area contributed by atoms with Gasteiger partial charge in [-0.05, 0) is 6.42 Å². The fourth-order valence-electron chi connectivity index (χ4n) is 0.118. The normalized spacial score (nSPS) is 14.5. The van der Waals surface area contributed by atoms with Crippen LogP contribution in [0.15, 0.2) is 0 Å². The van der Waals surface area contributed by atoms with Gasteiger partial charge in [-0.3, -0.25) is 0 Å². The van der Waals surface area contributed by atoms with Crippen molar-refractivity contribution in [1.29, 1.82) is 0 Å². The van der Waals surface area contributed by atoms with Crippen molar-refractivity contribution < 1.29 is 0 Å². The van der Waals surface area contributed by atoms with Gasteiger partial charge >= 0.3 is 0 Å². The van der Waals surface area contributed by atoms with Crippen molar-refractivity contribution >= 4 is 12.6 Å². The molecule has 0 aliphatic heterocycles. The molecule has 1 radical (unpaired) electrons. The summed E-state index contributed by atoms with van der Waals surface area (Å²) in [5.74, 6) is 0.691. The van der Waals surface area contributed by atoms with Crippen LogP contribution in [0.3, 0.4) is 0 Å². The summed E-state index contributed by atoms with van der Waals surface area (Å²) in [4.78, 5) is 0. The van der Waals surface area contributed by atoms with Crippen LogP contribution in [0.2, 0.25) is 0 Å². The molecule has 0 amide bonds. The van der Waals surface area contributed by atoms with Gasteiger partial charge in [-0.2, -0.15) is 0 Å². The molecule has 0 bridgehead atoms. The zero-order chi connectivity index (χ0) is 4.99. The van der Waals surface area contributed by atoms with Gasteiger partial charge in [-0.25, -0.2) is 0 Å². The highest BCUT2D eigenvalue weighted by atomic mass is 32.1. The lowest BCUT2D eigenvalue weighted by Crippen LogP contribution is -2.19. The molecule has 2 N–H and O–H groups in total. The molecule has 0 heterocycles. The molecule has 1 nitrogen and oxygen atoms in total. The summed E-state index contributed by atoms with van der Waals surface area (Å²) >= 11 is 4.65. The maximum atomic E-state index is 5.37. The Labute approximate surface area is 44.3 Å². The molecule has 37 valence electrons. The van der Waals surface area contributed by atoms with Gasteiger partial charge < -0.3 is 5.73 Å². The fraction of sp³-hybridized carbons (Fsp3) is 1.00. The monoisotopic (exact) mass is 104 g/mol. The van der Waals surface area contributed by atoms with Crippen LogP contribution in [0.25, 0.3) is 0 Å². The van der Waals surface area contributed by atoms with Crippen LogP contribution >= 0.6 is 12.6 Å². The molecule has 0 aromatic heterocycles. The number of hydrogen-bond donors (Lipinski definition) is 1. The third-order valence-electron chi connectivity index (χ3n) is 0.738. The Morgan fingerprint density at radius 2 is 2.33 bits per heavy atom. The van der Waals surface area contributed by atoms with E-state index in [4.69, 9.17) is 5.73 Å². The van der Waals surface area contributed by atoms with Crippen LogP contribution in [0.1, 0.15) is 13.3 Å². The highest BCUT2D eigenvalue weighted by Crippen LogP contribution is 1.85. The van der Waals surface area contributed by atoms with Gasteiger partial charge in [0.1, 0.15) is 0 Å². The minimum Gasteiger partial charge on any atom is -0.327 e. The molecular formula is C4H10NS. The van der Waals surface area contributed by atoms with Crippen LogP contribution in [0.4, 0.5) is 0 Å². The molecule has 0 fully saturated rings. The molecule has 0 saturated heterocycles. The van der Waals surface area contributed by atoms with E-state index < -0.39 is 0 Å². The Kier molecular flexibility index (Phi) is 3.68. The summed E-state index contributed by atoms with van der Waals surface area (Å²) < 4.78 is 0. The first-order valence-electron chi connectivity index (χ1n) is 2.15. The molecule has 0 rings (SSSR count). The minimum atomic E-state index is 0.250. The Balaban J connectivity index is 2.75. The van der Waals surface area contributed by atoms with E-state index in [1.165, 1.54) is 0 Å². The molecule has 1 atom stereocenters. The van der Waals surface area contributed by atoms with Gasteiger partial charge in [-0.1, -0.05) is 19.6 Å². The van der Waals surface area contributed by atoms with E-state index >= 15 is 0 Å². The van der Waals surface area contributed by atoms with Crippen molar-refractivity contribution in [2.45, 2.75) is 19.4 Å². The molecule has 0 spiro atoms. The summed E-state index contributed by atoms with van der Waals surface area (Å²) in [7, 11) is 0. The number of nitrogens with two attached hydrogens (primary N) is 1. The minimum absolute atomic E-state index is 0.250. The smallest absolute Gasteiger partial charge is 0.0189 e. The molecule has 0 saturated carbocycles. The Morgan fingerprint density at radius 3 is 2.33 bits per heavy atom. The predicted octanol–water partition coefficient (Wildman–Crippen LogP) is 0.921. The van der Waals surface area contributed by atoms with E-state index in [0.29, 0.717) is 5.75 Å². The molecule has 0 aromatic carbocycles. The Hall–Kier alpha value is 0.310. The highest BCUT2D eigenvalue weighted by Gasteiger charge is 1.90. The van der Waals surface area contributed by atoms with Gasteiger partial charge in [0.2, 0.25) is 0 Å². The average molecular weight is 104 g/mol. The first kappa shape index (κ1) is 6.31. The molecular weight excluding hydrogens is 94.1 g/mol. The molecule has 0 aliphatic carbocycles. The van der Waals surface area contributed by atoms with Gasteiger partial charge in [0.15, 0.2) is 0 Å². The number of hydrogen-bond acceptors (Lipinski definition) is 1. The third-order valence-corrected chi connectivity index (χ3v) is 1.17. The zero-order valence-corrected chi connectivity index (χ0v) is 4.79. The first-order chi connectivity index (χ1) is 2.81. The van der Waals surface area contributed by atoms with Crippen molar-refractivity contribution in [1.82, 2.24) is 0 Å². The summed E-state index contributed by atoms with van der Waals surface area (Å²) in [5.41, 5.74) is 5.37. The topological polar surface area (TPSA) is 26.0 Å². The van der Waals surface area contributed by atoms with E-state index in [1.54, 1.807) is 0 Å².